The van der Waals surface area contributed by atoms with Crippen LogP contribution in [0.4, 0.5) is 5.69 Å². The molecule has 1 saturated heterocycles. The molecule has 0 spiro atoms. The molecule has 2 heterocycles. The summed E-state index contributed by atoms with van der Waals surface area (Å²) in [5.41, 5.74) is 2.34. The molecule has 4 nitrogen and oxygen atoms in total. The van der Waals surface area contributed by atoms with Crippen molar-refractivity contribution in [3.05, 3.63) is 29.8 Å². The second-order valence-corrected chi connectivity index (χ2v) is 5.54. The van der Waals surface area contributed by atoms with Crippen LogP contribution in [0.2, 0.25) is 0 Å². The molecule has 1 aromatic rings. The lowest BCUT2D eigenvalue weighted by Crippen LogP contribution is -2.40. The molecule has 2 aliphatic rings. The van der Waals surface area contributed by atoms with Crippen molar-refractivity contribution >= 4 is 11.6 Å². The van der Waals surface area contributed by atoms with Gasteiger partial charge in [-0.1, -0.05) is 18.2 Å². The maximum atomic E-state index is 12.4. The van der Waals surface area contributed by atoms with Gasteiger partial charge in [0.15, 0.2) is 0 Å². The largest absolute Gasteiger partial charge is 0.368 e. The summed E-state index contributed by atoms with van der Waals surface area (Å²) in [6, 6.07) is 8.19. The first-order valence-corrected chi connectivity index (χ1v) is 7.55. The zero-order chi connectivity index (χ0) is 13.8. The molecule has 108 valence electrons. The molecule has 1 aromatic carbocycles. The lowest BCUT2D eigenvalue weighted by atomic mass is 10.0. The topological polar surface area (TPSA) is 41.6 Å². The molecule has 0 saturated carbocycles. The van der Waals surface area contributed by atoms with Crippen LogP contribution in [-0.2, 0) is 16.0 Å². The highest BCUT2D eigenvalue weighted by Gasteiger charge is 2.23. The zero-order valence-electron chi connectivity index (χ0n) is 11.8. The van der Waals surface area contributed by atoms with Crippen LogP contribution >= 0.6 is 0 Å². The highest BCUT2D eigenvalue weighted by atomic mass is 16.5. The van der Waals surface area contributed by atoms with Gasteiger partial charge >= 0.3 is 0 Å². The summed E-state index contributed by atoms with van der Waals surface area (Å²) >= 11 is 0. The number of hydrogen-bond donors (Lipinski definition) is 1. The molecule has 2 aliphatic heterocycles. The minimum Gasteiger partial charge on any atom is -0.368 e. The average Bonchev–Trinajstić information content (AvgIpc) is 2.53. The quantitative estimate of drug-likeness (QED) is 0.913. The Morgan fingerprint density at radius 2 is 2.10 bits per heavy atom. The molecule has 1 N–H and O–H groups in total. The Morgan fingerprint density at radius 3 is 2.95 bits per heavy atom. The highest BCUT2D eigenvalue weighted by molar-refractivity contribution is 5.95. The van der Waals surface area contributed by atoms with Crippen LogP contribution in [-0.4, -0.2) is 38.3 Å². The normalized spacial score (nSPS) is 19.7. The van der Waals surface area contributed by atoms with Crippen molar-refractivity contribution in [1.29, 1.82) is 0 Å². The van der Waals surface area contributed by atoms with E-state index in [2.05, 4.69) is 11.4 Å². The molecule has 1 amide bonds. The van der Waals surface area contributed by atoms with Crippen LogP contribution < -0.4 is 10.2 Å². The summed E-state index contributed by atoms with van der Waals surface area (Å²) in [4.78, 5) is 14.3. The third-order valence-electron chi connectivity index (χ3n) is 4.14. The molecule has 1 fully saturated rings. The maximum absolute atomic E-state index is 12.4. The van der Waals surface area contributed by atoms with Crippen molar-refractivity contribution in [2.24, 2.45) is 0 Å². The molecule has 0 bridgehead atoms. The SMILES string of the molecule is O=C(COC1CCNCC1)N1CCCc2ccccc21. The van der Waals surface area contributed by atoms with Gasteiger partial charge < -0.3 is 15.0 Å². The highest BCUT2D eigenvalue weighted by Crippen LogP contribution is 2.26. The van der Waals surface area contributed by atoms with Gasteiger partial charge in [0, 0.05) is 12.2 Å². The number of carbonyl (C=O) groups is 1. The van der Waals surface area contributed by atoms with E-state index >= 15 is 0 Å². The monoisotopic (exact) mass is 274 g/mol. The Kier molecular flexibility index (Phi) is 4.33. The number of nitrogens with one attached hydrogen (secondary N) is 1. The fourth-order valence-electron chi connectivity index (χ4n) is 3.02. The number of para-hydroxylation sites is 1. The van der Waals surface area contributed by atoms with Crippen molar-refractivity contribution in [2.45, 2.75) is 31.8 Å². The predicted octanol–water partition coefficient (Wildman–Crippen LogP) is 1.73. The molecule has 3 rings (SSSR count). The fourth-order valence-corrected chi connectivity index (χ4v) is 3.02. The van der Waals surface area contributed by atoms with E-state index in [-0.39, 0.29) is 18.6 Å². The Labute approximate surface area is 120 Å². The fraction of sp³-hybridized carbons (Fsp3) is 0.562. The lowest BCUT2D eigenvalue weighted by molar-refractivity contribution is -0.125. The van der Waals surface area contributed by atoms with Crippen LogP contribution in [0.5, 0.6) is 0 Å². The first-order valence-electron chi connectivity index (χ1n) is 7.55. The Bertz CT molecular complexity index is 469. The second kappa shape index (κ2) is 6.37. The summed E-state index contributed by atoms with van der Waals surface area (Å²) in [5.74, 6) is 0.0932. The van der Waals surface area contributed by atoms with E-state index in [9.17, 15) is 4.79 Å². The Morgan fingerprint density at radius 1 is 1.30 bits per heavy atom. The van der Waals surface area contributed by atoms with E-state index in [0.717, 1.165) is 51.0 Å². The van der Waals surface area contributed by atoms with Crippen LogP contribution in [0.1, 0.15) is 24.8 Å². The van der Waals surface area contributed by atoms with E-state index < -0.39 is 0 Å². The van der Waals surface area contributed by atoms with Gasteiger partial charge in [0.1, 0.15) is 6.61 Å². The van der Waals surface area contributed by atoms with Crippen molar-refractivity contribution < 1.29 is 9.53 Å². The van der Waals surface area contributed by atoms with Gasteiger partial charge in [0.2, 0.25) is 0 Å². The smallest absolute Gasteiger partial charge is 0.252 e. The number of anilines is 1. The first kappa shape index (κ1) is 13.6. The van der Waals surface area contributed by atoms with Crippen molar-refractivity contribution in [3.8, 4) is 0 Å². The van der Waals surface area contributed by atoms with Gasteiger partial charge in [-0.2, -0.15) is 0 Å². The van der Waals surface area contributed by atoms with Crippen LogP contribution in [0.3, 0.4) is 0 Å². The number of ether oxygens (including phenoxy) is 1. The summed E-state index contributed by atoms with van der Waals surface area (Å²) in [6.07, 6.45) is 4.35. The number of rotatable bonds is 3. The predicted molar refractivity (Wildman–Crippen MR) is 79.0 cm³/mol. The van der Waals surface area contributed by atoms with Crippen molar-refractivity contribution in [2.75, 3.05) is 31.1 Å². The molecule has 0 unspecified atom stereocenters. The van der Waals surface area contributed by atoms with Crippen LogP contribution in [0, 0.1) is 0 Å². The van der Waals surface area contributed by atoms with Gasteiger partial charge in [0.25, 0.3) is 5.91 Å². The van der Waals surface area contributed by atoms with E-state index in [0.29, 0.717) is 0 Å². The molecular formula is C16H22N2O2. The summed E-state index contributed by atoms with van der Waals surface area (Å²) in [5, 5.41) is 3.30. The number of fused-ring (bicyclic) bond motifs is 1. The number of nitrogens with zero attached hydrogens (tertiary/aromatic N) is 1. The molecule has 0 atom stereocenters. The Balaban J connectivity index is 1.60. The minimum atomic E-state index is 0.0932. The number of hydrogen-bond acceptors (Lipinski definition) is 3. The number of piperidine rings is 1. The minimum absolute atomic E-state index is 0.0932. The van der Waals surface area contributed by atoms with Gasteiger partial charge in [-0.05, 0) is 50.4 Å². The second-order valence-electron chi connectivity index (χ2n) is 5.54. The molecule has 0 aromatic heterocycles. The summed E-state index contributed by atoms with van der Waals surface area (Å²) in [7, 11) is 0. The summed E-state index contributed by atoms with van der Waals surface area (Å²) in [6.45, 7) is 3.00. The van der Waals surface area contributed by atoms with Crippen LogP contribution in [0.15, 0.2) is 24.3 Å². The van der Waals surface area contributed by atoms with Crippen LogP contribution in [0.25, 0.3) is 0 Å². The Hall–Kier alpha value is -1.39. The van der Waals surface area contributed by atoms with Crippen molar-refractivity contribution in [3.63, 3.8) is 0 Å². The number of amides is 1. The number of benzene rings is 1. The van der Waals surface area contributed by atoms with E-state index in [1.54, 1.807) is 0 Å². The van der Waals surface area contributed by atoms with Gasteiger partial charge in [-0.15, -0.1) is 0 Å². The van der Waals surface area contributed by atoms with E-state index in [4.69, 9.17) is 4.74 Å². The third kappa shape index (κ3) is 3.02. The molecule has 20 heavy (non-hydrogen) atoms. The number of aryl methyl sites for hydroxylation is 1. The lowest BCUT2D eigenvalue weighted by Gasteiger charge is -2.30. The van der Waals surface area contributed by atoms with E-state index in [1.165, 1.54) is 5.56 Å². The standard InChI is InChI=1S/C16H22N2O2/c19-16(12-20-14-7-9-17-10-8-14)18-11-3-5-13-4-1-2-6-15(13)18/h1-2,4,6,14,17H,3,5,7-12H2. The van der Waals surface area contributed by atoms with Gasteiger partial charge in [-0.3, -0.25) is 4.79 Å². The average molecular weight is 274 g/mol. The third-order valence-corrected chi connectivity index (χ3v) is 4.14. The molecule has 4 heteroatoms. The summed E-state index contributed by atoms with van der Waals surface area (Å²) < 4.78 is 5.78. The van der Waals surface area contributed by atoms with E-state index in [1.807, 2.05) is 23.1 Å². The van der Waals surface area contributed by atoms with Gasteiger partial charge in [-0.25, -0.2) is 0 Å². The number of carbonyl (C=O) groups excluding carboxylic acids is 1. The van der Waals surface area contributed by atoms with Gasteiger partial charge in [0.05, 0.1) is 6.10 Å². The first-order chi connectivity index (χ1) is 9.84. The van der Waals surface area contributed by atoms with Crippen molar-refractivity contribution in [1.82, 2.24) is 5.32 Å². The molecule has 0 radical (unpaired) electrons. The molecule has 0 aliphatic carbocycles. The zero-order valence-corrected chi connectivity index (χ0v) is 11.8. The maximum Gasteiger partial charge on any atom is 0.252 e. The molecular weight excluding hydrogens is 252 g/mol.